The van der Waals surface area contributed by atoms with Gasteiger partial charge in [-0.2, -0.15) is 0 Å². The lowest BCUT2D eigenvalue weighted by molar-refractivity contribution is -0.0957. The van der Waals surface area contributed by atoms with Crippen LogP contribution in [0.25, 0.3) is 0 Å². The molecule has 1 aromatic rings. The smallest absolute Gasteiger partial charge is 0.115 e. The van der Waals surface area contributed by atoms with Crippen molar-refractivity contribution < 1.29 is 10.2 Å². The quantitative estimate of drug-likeness (QED) is 0.797. The molecule has 1 aromatic carbocycles. The van der Waals surface area contributed by atoms with Crippen LogP contribution in [0.3, 0.4) is 0 Å². The standard InChI is InChI=1S/C16H22O2/c1-14(2)12-8-9-15(14,3)16(18,10-12)11-4-6-13(17)7-5-11/h4-7,12,17-18H,8-10H2,1-3H3. The predicted octanol–water partition coefficient (Wildman–Crippen LogP) is 3.43. The number of rotatable bonds is 1. The van der Waals surface area contributed by atoms with Gasteiger partial charge in [-0.25, -0.2) is 0 Å². The van der Waals surface area contributed by atoms with E-state index in [9.17, 15) is 10.2 Å². The van der Waals surface area contributed by atoms with Crippen LogP contribution in [0.1, 0.15) is 45.6 Å². The average Bonchev–Trinajstić information content (AvgIpc) is 2.62. The van der Waals surface area contributed by atoms with Crippen LogP contribution in [-0.4, -0.2) is 10.2 Å². The summed E-state index contributed by atoms with van der Waals surface area (Å²) in [6, 6.07) is 7.10. The number of aromatic hydroxyl groups is 1. The molecule has 2 saturated carbocycles. The van der Waals surface area contributed by atoms with Crippen LogP contribution in [0.15, 0.2) is 24.3 Å². The minimum atomic E-state index is -0.743. The summed E-state index contributed by atoms with van der Waals surface area (Å²) in [6.45, 7) is 6.82. The summed E-state index contributed by atoms with van der Waals surface area (Å²) in [6.07, 6.45) is 3.16. The van der Waals surface area contributed by atoms with Crippen molar-refractivity contribution in [3.8, 4) is 5.75 Å². The van der Waals surface area contributed by atoms with Gasteiger partial charge in [0.15, 0.2) is 0 Å². The lowest BCUT2D eigenvalue weighted by Crippen LogP contribution is -2.44. The van der Waals surface area contributed by atoms with E-state index in [1.54, 1.807) is 12.1 Å². The summed E-state index contributed by atoms with van der Waals surface area (Å²) in [7, 11) is 0. The van der Waals surface area contributed by atoms with Gasteiger partial charge in [0.2, 0.25) is 0 Å². The van der Waals surface area contributed by atoms with Crippen molar-refractivity contribution in [2.45, 2.75) is 45.6 Å². The van der Waals surface area contributed by atoms with Gasteiger partial charge in [0.25, 0.3) is 0 Å². The van der Waals surface area contributed by atoms with Crippen LogP contribution < -0.4 is 0 Å². The van der Waals surface area contributed by atoms with Gasteiger partial charge in [-0.1, -0.05) is 32.9 Å². The Kier molecular flexibility index (Phi) is 2.20. The maximum Gasteiger partial charge on any atom is 0.115 e. The first-order valence-electron chi connectivity index (χ1n) is 6.83. The highest BCUT2D eigenvalue weighted by Gasteiger charge is 2.68. The van der Waals surface area contributed by atoms with Crippen molar-refractivity contribution in [1.29, 1.82) is 0 Å². The molecule has 18 heavy (non-hydrogen) atoms. The Morgan fingerprint density at radius 3 is 2.17 bits per heavy atom. The molecule has 3 atom stereocenters. The first-order chi connectivity index (χ1) is 8.31. The van der Waals surface area contributed by atoms with Crippen molar-refractivity contribution in [2.24, 2.45) is 16.7 Å². The molecule has 2 aliphatic rings. The zero-order valence-electron chi connectivity index (χ0n) is 11.4. The van der Waals surface area contributed by atoms with Crippen LogP contribution in [0.5, 0.6) is 5.75 Å². The normalized spacial score (nSPS) is 41.2. The van der Waals surface area contributed by atoms with Crippen LogP contribution in [0.4, 0.5) is 0 Å². The molecular formula is C16H22O2. The van der Waals surface area contributed by atoms with Gasteiger partial charge >= 0.3 is 0 Å². The fourth-order valence-electron chi connectivity index (χ4n) is 4.45. The molecule has 2 nitrogen and oxygen atoms in total. The Bertz CT molecular complexity index is 476. The molecule has 2 N–H and O–H groups in total. The molecule has 2 fully saturated rings. The number of fused-ring (bicyclic) bond motifs is 2. The fourth-order valence-corrected chi connectivity index (χ4v) is 4.45. The van der Waals surface area contributed by atoms with Crippen molar-refractivity contribution >= 4 is 0 Å². The molecule has 2 bridgehead atoms. The van der Waals surface area contributed by atoms with Gasteiger partial charge in [-0.3, -0.25) is 0 Å². The van der Waals surface area contributed by atoms with Crippen molar-refractivity contribution in [3.05, 3.63) is 29.8 Å². The number of benzene rings is 1. The van der Waals surface area contributed by atoms with Gasteiger partial charge < -0.3 is 10.2 Å². The SMILES string of the molecule is CC1(C)C2CCC1(C)C(O)(c1ccc(O)cc1)C2. The maximum absolute atomic E-state index is 11.3. The summed E-state index contributed by atoms with van der Waals surface area (Å²) < 4.78 is 0. The largest absolute Gasteiger partial charge is 0.508 e. The van der Waals surface area contributed by atoms with Crippen molar-refractivity contribution in [3.63, 3.8) is 0 Å². The molecule has 0 amide bonds. The first kappa shape index (κ1) is 12.0. The van der Waals surface area contributed by atoms with E-state index < -0.39 is 5.60 Å². The summed E-state index contributed by atoms with van der Waals surface area (Å²) in [5.74, 6) is 0.858. The minimum absolute atomic E-state index is 0.0678. The highest BCUT2D eigenvalue weighted by molar-refractivity contribution is 5.35. The Hall–Kier alpha value is -1.02. The third-order valence-electron chi connectivity index (χ3n) is 6.24. The molecular weight excluding hydrogens is 224 g/mol. The number of hydrogen-bond donors (Lipinski definition) is 2. The number of hydrogen-bond acceptors (Lipinski definition) is 2. The van der Waals surface area contributed by atoms with Crippen molar-refractivity contribution in [2.75, 3.05) is 0 Å². The molecule has 2 heteroatoms. The number of phenolic OH excluding ortho intramolecular Hbond substituents is 1. The summed E-state index contributed by atoms with van der Waals surface area (Å²) in [4.78, 5) is 0. The summed E-state index contributed by atoms with van der Waals surface area (Å²) in [5, 5.41) is 20.7. The lowest BCUT2D eigenvalue weighted by Gasteiger charge is -2.45. The third kappa shape index (κ3) is 1.17. The van der Waals surface area contributed by atoms with Gasteiger partial charge in [0.05, 0.1) is 5.60 Å². The Morgan fingerprint density at radius 2 is 1.72 bits per heavy atom. The molecule has 0 radical (unpaired) electrons. The van der Waals surface area contributed by atoms with E-state index in [0.717, 1.165) is 18.4 Å². The second kappa shape index (κ2) is 3.30. The van der Waals surface area contributed by atoms with E-state index >= 15 is 0 Å². The molecule has 0 saturated heterocycles. The van der Waals surface area contributed by atoms with Crippen LogP contribution in [0, 0.1) is 16.7 Å². The van der Waals surface area contributed by atoms with Gasteiger partial charge in [-0.15, -0.1) is 0 Å². The summed E-state index contributed by atoms with van der Waals surface area (Å²) >= 11 is 0. The monoisotopic (exact) mass is 246 g/mol. The van der Waals surface area contributed by atoms with E-state index in [1.165, 1.54) is 6.42 Å². The first-order valence-corrected chi connectivity index (χ1v) is 6.83. The second-order valence-electron chi connectivity index (χ2n) is 6.90. The molecule has 3 unspecified atom stereocenters. The fraction of sp³-hybridized carbons (Fsp3) is 0.625. The molecule has 3 rings (SSSR count). The van der Waals surface area contributed by atoms with Gasteiger partial charge in [-0.05, 0) is 48.3 Å². The van der Waals surface area contributed by atoms with Crippen LogP contribution in [-0.2, 0) is 5.60 Å². The molecule has 2 aliphatic carbocycles. The Balaban J connectivity index is 2.10. The third-order valence-corrected chi connectivity index (χ3v) is 6.24. The molecule has 0 aliphatic heterocycles. The van der Waals surface area contributed by atoms with Crippen molar-refractivity contribution in [1.82, 2.24) is 0 Å². The predicted molar refractivity (Wildman–Crippen MR) is 71.2 cm³/mol. The highest BCUT2D eigenvalue weighted by atomic mass is 16.3. The van der Waals surface area contributed by atoms with Crippen LogP contribution in [0.2, 0.25) is 0 Å². The topological polar surface area (TPSA) is 40.5 Å². The number of phenols is 1. The lowest BCUT2D eigenvalue weighted by atomic mass is 9.62. The van der Waals surface area contributed by atoms with Crippen LogP contribution >= 0.6 is 0 Å². The highest BCUT2D eigenvalue weighted by Crippen LogP contribution is 2.72. The minimum Gasteiger partial charge on any atom is -0.508 e. The van der Waals surface area contributed by atoms with E-state index in [-0.39, 0.29) is 16.6 Å². The van der Waals surface area contributed by atoms with Gasteiger partial charge in [0, 0.05) is 5.41 Å². The maximum atomic E-state index is 11.3. The molecule has 98 valence electrons. The van der Waals surface area contributed by atoms with E-state index in [1.807, 2.05) is 12.1 Å². The van der Waals surface area contributed by atoms with E-state index in [2.05, 4.69) is 20.8 Å². The Labute approximate surface area is 109 Å². The summed E-state index contributed by atoms with van der Waals surface area (Å²) in [5.41, 5.74) is 0.326. The second-order valence-corrected chi connectivity index (χ2v) is 6.90. The Morgan fingerprint density at radius 1 is 1.11 bits per heavy atom. The molecule has 0 aromatic heterocycles. The zero-order valence-corrected chi connectivity index (χ0v) is 11.4. The van der Waals surface area contributed by atoms with E-state index in [4.69, 9.17) is 0 Å². The molecule has 0 spiro atoms. The van der Waals surface area contributed by atoms with Gasteiger partial charge in [0.1, 0.15) is 5.75 Å². The average molecular weight is 246 g/mol. The zero-order chi connectivity index (χ0) is 13.2. The number of aliphatic hydroxyl groups is 1. The molecule has 0 heterocycles. The van der Waals surface area contributed by atoms with E-state index in [0.29, 0.717) is 5.92 Å².